The molecule has 0 spiro atoms. The number of anilines is 2. The summed E-state index contributed by atoms with van der Waals surface area (Å²) in [7, 11) is 0. The van der Waals surface area contributed by atoms with Gasteiger partial charge in [0.1, 0.15) is 0 Å². The Morgan fingerprint density at radius 3 is 2.48 bits per heavy atom. The summed E-state index contributed by atoms with van der Waals surface area (Å²) in [5.41, 5.74) is 2.88. The van der Waals surface area contributed by atoms with Gasteiger partial charge < -0.3 is 10.6 Å². The van der Waals surface area contributed by atoms with Gasteiger partial charge in [-0.1, -0.05) is 35.0 Å². The second kappa shape index (κ2) is 7.84. The van der Waals surface area contributed by atoms with Crippen molar-refractivity contribution in [1.29, 1.82) is 0 Å². The molecule has 110 valence electrons. The molecule has 1 amide bonds. The van der Waals surface area contributed by atoms with Crippen molar-refractivity contribution in [3.63, 3.8) is 0 Å². The molecule has 0 heterocycles. The highest BCUT2D eigenvalue weighted by Crippen LogP contribution is 2.15. The number of carbonyl (C=O) groups excluding carboxylic acids is 1. The first-order chi connectivity index (χ1) is 10.2. The molecule has 4 heteroatoms. The highest BCUT2D eigenvalue weighted by molar-refractivity contribution is 9.10. The minimum Gasteiger partial charge on any atom is -0.385 e. The van der Waals surface area contributed by atoms with Crippen LogP contribution < -0.4 is 10.6 Å². The third-order valence-corrected chi connectivity index (χ3v) is 3.49. The largest absolute Gasteiger partial charge is 0.385 e. The maximum atomic E-state index is 12.0. The van der Waals surface area contributed by atoms with E-state index in [-0.39, 0.29) is 5.91 Å². The zero-order valence-corrected chi connectivity index (χ0v) is 13.6. The third kappa shape index (κ3) is 5.23. The number of rotatable bonds is 6. The number of nitrogens with one attached hydrogen (secondary N) is 2. The Labute approximate surface area is 133 Å². The molecule has 21 heavy (non-hydrogen) atoms. The molecule has 0 aliphatic carbocycles. The molecule has 0 aliphatic heterocycles. The SMILES string of the molecule is CCCNc1ccc(NC(=O)Cc2cccc(Br)c2)cc1. The van der Waals surface area contributed by atoms with Crippen molar-refractivity contribution in [2.45, 2.75) is 19.8 Å². The summed E-state index contributed by atoms with van der Waals surface area (Å²) in [6.07, 6.45) is 1.46. The van der Waals surface area contributed by atoms with Gasteiger partial charge in [0, 0.05) is 22.4 Å². The zero-order valence-electron chi connectivity index (χ0n) is 12.0. The summed E-state index contributed by atoms with van der Waals surface area (Å²) in [6, 6.07) is 15.6. The molecule has 0 aliphatic rings. The first-order valence-electron chi connectivity index (χ1n) is 7.05. The Hall–Kier alpha value is -1.81. The normalized spacial score (nSPS) is 10.2. The molecule has 0 atom stereocenters. The average Bonchev–Trinajstić information content (AvgIpc) is 2.46. The van der Waals surface area contributed by atoms with Gasteiger partial charge in [-0.3, -0.25) is 4.79 Å². The van der Waals surface area contributed by atoms with E-state index in [1.807, 2.05) is 48.5 Å². The highest BCUT2D eigenvalue weighted by atomic mass is 79.9. The minimum atomic E-state index is -0.0117. The van der Waals surface area contributed by atoms with E-state index < -0.39 is 0 Å². The second-order valence-corrected chi connectivity index (χ2v) is 5.77. The van der Waals surface area contributed by atoms with Gasteiger partial charge >= 0.3 is 0 Å². The summed E-state index contributed by atoms with van der Waals surface area (Å²) in [5.74, 6) is -0.0117. The highest BCUT2D eigenvalue weighted by Gasteiger charge is 2.04. The first kappa shape index (κ1) is 15.6. The Kier molecular flexibility index (Phi) is 5.81. The third-order valence-electron chi connectivity index (χ3n) is 3.00. The summed E-state index contributed by atoms with van der Waals surface area (Å²) < 4.78 is 0.985. The van der Waals surface area contributed by atoms with Gasteiger partial charge in [-0.15, -0.1) is 0 Å². The zero-order chi connectivity index (χ0) is 15.1. The molecule has 2 aromatic rings. The summed E-state index contributed by atoms with van der Waals surface area (Å²) in [4.78, 5) is 12.0. The fourth-order valence-corrected chi connectivity index (χ4v) is 2.42. The minimum absolute atomic E-state index is 0.0117. The molecule has 0 aromatic heterocycles. The molecule has 0 fully saturated rings. The van der Waals surface area contributed by atoms with E-state index >= 15 is 0 Å². The lowest BCUT2D eigenvalue weighted by molar-refractivity contribution is -0.115. The van der Waals surface area contributed by atoms with Crippen LogP contribution in [0.2, 0.25) is 0 Å². The van der Waals surface area contributed by atoms with Crippen LogP contribution in [-0.2, 0) is 11.2 Å². The van der Waals surface area contributed by atoms with Gasteiger partial charge in [-0.05, 0) is 48.4 Å². The van der Waals surface area contributed by atoms with Gasteiger partial charge in [-0.25, -0.2) is 0 Å². The lowest BCUT2D eigenvalue weighted by atomic mass is 10.1. The second-order valence-electron chi connectivity index (χ2n) is 4.86. The standard InChI is InChI=1S/C17H19BrN2O/c1-2-10-19-15-6-8-16(9-7-15)20-17(21)12-13-4-3-5-14(18)11-13/h3-9,11,19H,2,10,12H2,1H3,(H,20,21). The fraction of sp³-hybridized carbons (Fsp3) is 0.235. The van der Waals surface area contributed by atoms with E-state index in [9.17, 15) is 4.79 Å². The van der Waals surface area contributed by atoms with Gasteiger partial charge in [-0.2, -0.15) is 0 Å². The van der Waals surface area contributed by atoms with Crippen LogP contribution in [0.15, 0.2) is 53.0 Å². The first-order valence-corrected chi connectivity index (χ1v) is 7.85. The quantitative estimate of drug-likeness (QED) is 0.810. The molecule has 3 nitrogen and oxygen atoms in total. The number of hydrogen-bond acceptors (Lipinski definition) is 2. The Morgan fingerprint density at radius 1 is 1.10 bits per heavy atom. The van der Waals surface area contributed by atoms with Crippen molar-refractivity contribution in [1.82, 2.24) is 0 Å². The van der Waals surface area contributed by atoms with E-state index in [0.29, 0.717) is 6.42 Å². The smallest absolute Gasteiger partial charge is 0.228 e. The molecular formula is C17H19BrN2O. The van der Waals surface area contributed by atoms with E-state index in [2.05, 4.69) is 33.5 Å². The van der Waals surface area contributed by atoms with Crippen LogP contribution >= 0.6 is 15.9 Å². The molecule has 0 saturated heterocycles. The van der Waals surface area contributed by atoms with Crippen LogP contribution in [0, 0.1) is 0 Å². The van der Waals surface area contributed by atoms with Crippen molar-refractivity contribution in [2.24, 2.45) is 0 Å². The van der Waals surface area contributed by atoms with E-state index in [1.165, 1.54) is 0 Å². The number of halogens is 1. The molecule has 2 aromatic carbocycles. The lowest BCUT2D eigenvalue weighted by Gasteiger charge is -2.08. The number of amides is 1. The van der Waals surface area contributed by atoms with Crippen LogP contribution in [0.1, 0.15) is 18.9 Å². The molecular weight excluding hydrogens is 328 g/mol. The molecule has 0 bridgehead atoms. The lowest BCUT2D eigenvalue weighted by Crippen LogP contribution is -2.14. The van der Waals surface area contributed by atoms with E-state index in [1.54, 1.807) is 0 Å². The summed E-state index contributed by atoms with van der Waals surface area (Å²) >= 11 is 3.41. The summed E-state index contributed by atoms with van der Waals surface area (Å²) in [5, 5.41) is 6.21. The molecule has 2 rings (SSSR count). The van der Waals surface area contributed by atoms with Gasteiger partial charge in [0.15, 0.2) is 0 Å². The van der Waals surface area contributed by atoms with Crippen LogP contribution in [0.5, 0.6) is 0 Å². The maximum Gasteiger partial charge on any atom is 0.228 e. The van der Waals surface area contributed by atoms with Crippen molar-refractivity contribution in [3.8, 4) is 0 Å². The van der Waals surface area contributed by atoms with Crippen molar-refractivity contribution >= 4 is 33.2 Å². The number of hydrogen-bond donors (Lipinski definition) is 2. The Morgan fingerprint density at radius 2 is 1.81 bits per heavy atom. The molecule has 2 N–H and O–H groups in total. The van der Waals surface area contributed by atoms with E-state index in [0.717, 1.165) is 34.4 Å². The van der Waals surface area contributed by atoms with E-state index in [4.69, 9.17) is 0 Å². The van der Waals surface area contributed by atoms with Crippen LogP contribution in [0.25, 0.3) is 0 Å². The Bertz CT molecular complexity index is 596. The van der Waals surface area contributed by atoms with Crippen LogP contribution in [-0.4, -0.2) is 12.5 Å². The monoisotopic (exact) mass is 346 g/mol. The van der Waals surface area contributed by atoms with Gasteiger partial charge in [0.05, 0.1) is 6.42 Å². The Balaban J connectivity index is 1.90. The van der Waals surface area contributed by atoms with Gasteiger partial charge in [0.25, 0.3) is 0 Å². The fourth-order valence-electron chi connectivity index (χ4n) is 1.98. The topological polar surface area (TPSA) is 41.1 Å². The molecule has 0 unspecified atom stereocenters. The molecule has 0 saturated carbocycles. The van der Waals surface area contributed by atoms with Gasteiger partial charge in [0.2, 0.25) is 5.91 Å². The van der Waals surface area contributed by atoms with Crippen molar-refractivity contribution in [2.75, 3.05) is 17.2 Å². The number of carbonyl (C=O) groups is 1. The molecule has 0 radical (unpaired) electrons. The van der Waals surface area contributed by atoms with Crippen LogP contribution in [0.3, 0.4) is 0 Å². The average molecular weight is 347 g/mol. The van der Waals surface area contributed by atoms with Crippen LogP contribution in [0.4, 0.5) is 11.4 Å². The van der Waals surface area contributed by atoms with Crippen molar-refractivity contribution in [3.05, 3.63) is 58.6 Å². The maximum absolute atomic E-state index is 12.0. The summed E-state index contributed by atoms with van der Waals surface area (Å²) in [6.45, 7) is 3.08. The number of benzene rings is 2. The predicted molar refractivity (Wildman–Crippen MR) is 91.7 cm³/mol. The predicted octanol–water partition coefficient (Wildman–Crippen LogP) is 4.45. The van der Waals surface area contributed by atoms with Crippen molar-refractivity contribution < 1.29 is 4.79 Å².